The lowest BCUT2D eigenvalue weighted by Crippen LogP contribution is -2.16. The van der Waals surface area contributed by atoms with Crippen molar-refractivity contribution in [2.75, 3.05) is 5.43 Å². The van der Waals surface area contributed by atoms with Crippen molar-refractivity contribution in [3.8, 4) is 0 Å². The van der Waals surface area contributed by atoms with E-state index in [0.717, 1.165) is 35.6 Å². The van der Waals surface area contributed by atoms with E-state index in [-0.39, 0.29) is 0 Å². The minimum atomic E-state index is 0.576. The van der Waals surface area contributed by atoms with E-state index in [4.69, 9.17) is 10.8 Å². The number of anilines is 1. The molecule has 3 atom stereocenters. The Morgan fingerprint density at radius 1 is 1.35 bits per heavy atom. The number of nitrogen functional groups attached to an aromatic ring is 1. The van der Waals surface area contributed by atoms with E-state index in [1.165, 1.54) is 25.7 Å². The minimum Gasteiger partial charge on any atom is -0.308 e. The fourth-order valence-corrected chi connectivity index (χ4v) is 3.50. The molecule has 3 unspecified atom stereocenters. The second-order valence-electron chi connectivity index (χ2n) is 5.38. The van der Waals surface area contributed by atoms with Crippen LogP contribution < -0.4 is 11.3 Å². The molecule has 17 heavy (non-hydrogen) atoms. The molecule has 4 nitrogen and oxygen atoms in total. The van der Waals surface area contributed by atoms with Crippen LogP contribution in [-0.4, -0.2) is 9.97 Å². The van der Waals surface area contributed by atoms with Crippen LogP contribution in [0.25, 0.3) is 0 Å². The highest BCUT2D eigenvalue weighted by Crippen LogP contribution is 2.52. The van der Waals surface area contributed by atoms with Gasteiger partial charge in [0, 0.05) is 17.7 Å². The van der Waals surface area contributed by atoms with Crippen LogP contribution in [-0.2, 0) is 6.42 Å². The lowest BCUT2D eigenvalue weighted by molar-refractivity contribution is 0.405. The van der Waals surface area contributed by atoms with Crippen molar-refractivity contribution in [2.45, 2.75) is 44.9 Å². The zero-order valence-corrected chi connectivity index (χ0v) is 10.3. The Kier molecular flexibility index (Phi) is 2.74. The van der Waals surface area contributed by atoms with Crippen LogP contribution in [0.1, 0.15) is 50.0 Å². The molecule has 0 saturated heterocycles. The van der Waals surface area contributed by atoms with Crippen molar-refractivity contribution in [1.29, 1.82) is 0 Å². The first-order chi connectivity index (χ1) is 8.30. The van der Waals surface area contributed by atoms with Crippen LogP contribution in [0, 0.1) is 11.8 Å². The number of aryl methyl sites for hydroxylation is 1. The maximum absolute atomic E-state index is 5.48. The first-order valence-corrected chi connectivity index (χ1v) is 6.64. The highest BCUT2D eigenvalue weighted by Gasteiger charge is 2.41. The van der Waals surface area contributed by atoms with E-state index in [0.29, 0.717) is 5.92 Å². The van der Waals surface area contributed by atoms with Crippen LogP contribution >= 0.6 is 0 Å². The van der Waals surface area contributed by atoms with Gasteiger partial charge in [0.15, 0.2) is 0 Å². The number of nitrogens with zero attached hydrogens (tertiary/aromatic N) is 2. The number of nitrogens with one attached hydrogen (secondary N) is 1. The van der Waals surface area contributed by atoms with E-state index in [9.17, 15) is 0 Å². The quantitative estimate of drug-likeness (QED) is 0.619. The normalized spacial score (nSPS) is 30.8. The molecule has 0 aliphatic heterocycles. The lowest BCUT2D eigenvalue weighted by atomic mass is 9.88. The smallest absolute Gasteiger partial charge is 0.143 e. The molecule has 2 fully saturated rings. The number of hydrogen-bond donors (Lipinski definition) is 2. The summed E-state index contributed by atoms with van der Waals surface area (Å²) in [5, 5.41) is 0. The third-order valence-corrected chi connectivity index (χ3v) is 4.38. The Labute approximate surface area is 102 Å². The van der Waals surface area contributed by atoms with E-state index in [1.807, 2.05) is 6.07 Å². The summed E-state index contributed by atoms with van der Waals surface area (Å²) in [5.74, 6) is 9.57. The first-order valence-electron chi connectivity index (χ1n) is 6.64. The number of hydrazine groups is 1. The number of nitrogens with two attached hydrogens (primary N) is 1. The maximum atomic E-state index is 5.48. The molecule has 0 aromatic carbocycles. The van der Waals surface area contributed by atoms with Crippen LogP contribution in [0.15, 0.2) is 6.07 Å². The summed E-state index contributed by atoms with van der Waals surface area (Å²) in [6.07, 6.45) is 6.37. The second-order valence-corrected chi connectivity index (χ2v) is 5.38. The first kappa shape index (κ1) is 11.0. The number of rotatable bonds is 3. The summed E-state index contributed by atoms with van der Waals surface area (Å²) in [6, 6.07) is 1.94. The van der Waals surface area contributed by atoms with Crippen molar-refractivity contribution in [3.05, 3.63) is 17.6 Å². The summed E-state index contributed by atoms with van der Waals surface area (Å²) < 4.78 is 0. The topological polar surface area (TPSA) is 63.8 Å². The molecule has 2 saturated carbocycles. The molecule has 0 radical (unpaired) electrons. The van der Waals surface area contributed by atoms with E-state index >= 15 is 0 Å². The maximum Gasteiger partial charge on any atom is 0.143 e. The Hall–Kier alpha value is -1.16. The van der Waals surface area contributed by atoms with Crippen LogP contribution in [0.4, 0.5) is 5.82 Å². The summed E-state index contributed by atoms with van der Waals surface area (Å²) in [7, 11) is 0. The van der Waals surface area contributed by atoms with Crippen LogP contribution in [0.3, 0.4) is 0 Å². The van der Waals surface area contributed by atoms with Crippen molar-refractivity contribution in [1.82, 2.24) is 9.97 Å². The Morgan fingerprint density at radius 2 is 2.24 bits per heavy atom. The molecule has 2 bridgehead atoms. The second kappa shape index (κ2) is 4.26. The number of aromatic nitrogens is 2. The monoisotopic (exact) mass is 232 g/mol. The summed E-state index contributed by atoms with van der Waals surface area (Å²) in [5.41, 5.74) is 3.75. The Bertz CT molecular complexity index is 396. The fraction of sp³-hybridized carbons (Fsp3) is 0.692. The largest absolute Gasteiger partial charge is 0.308 e. The SMILES string of the molecule is CCc1cc(NN)nc(C2CC3CCC2C3)n1. The molecule has 0 amide bonds. The number of hydrogen-bond acceptors (Lipinski definition) is 4. The van der Waals surface area contributed by atoms with Gasteiger partial charge >= 0.3 is 0 Å². The van der Waals surface area contributed by atoms with Crippen LogP contribution in [0.2, 0.25) is 0 Å². The van der Waals surface area contributed by atoms with Gasteiger partial charge in [0.25, 0.3) is 0 Å². The summed E-state index contributed by atoms with van der Waals surface area (Å²) in [4.78, 5) is 9.25. The minimum absolute atomic E-state index is 0.576. The van der Waals surface area contributed by atoms with Gasteiger partial charge in [-0.05, 0) is 37.5 Å². The number of fused-ring (bicyclic) bond motifs is 2. The summed E-state index contributed by atoms with van der Waals surface area (Å²) >= 11 is 0. The zero-order chi connectivity index (χ0) is 11.8. The molecule has 2 aliphatic carbocycles. The molecule has 1 heterocycles. The highest BCUT2D eigenvalue weighted by atomic mass is 15.3. The molecule has 1 aromatic rings. The van der Waals surface area contributed by atoms with Gasteiger partial charge in [-0.25, -0.2) is 15.8 Å². The van der Waals surface area contributed by atoms with Crippen molar-refractivity contribution < 1.29 is 0 Å². The van der Waals surface area contributed by atoms with Gasteiger partial charge in [0.2, 0.25) is 0 Å². The predicted octanol–water partition coefficient (Wildman–Crippen LogP) is 2.23. The third kappa shape index (κ3) is 1.90. The van der Waals surface area contributed by atoms with Crippen molar-refractivity contribution in [2.24, 2.45) is 17.7 Å². The average molecular weight is 232 g/mol. The molecule has 3 N–H and O–H groups in total. The average Bonchev–Trinajstić information content (AvgIpc) is 3.00. The van der Waals surface area contributed by atoms with Gasteiger partial charge < -0.3 is 5.43 Å². The predicted molar refractivity (Wildman–Crippen MR) is 67.4 cm³/mol. The zero-order valence-electron chi connectivity index (χ0n) is 10.3. The van der Waals surface area contributed by atoms with E-state index < -0.39 is 0 Å². The van der Waals surface area contributed by atoms with Gasteiger partial charge in [0.05, 0.1) is 0 Å². The van der Waals surface area contributed by atoms with Crippen LogP contribution in [0.5, 0.6) is 0 Å². The van der Waals surface area contributed by atoms with Gasteiger partial charge in [-0.15, -0.1) is 0 Å². The molecule has 0 spiro atoms. The fourth-order valence-electron chi connectivity index (χ4n) is 3.50. The van der Waals surface area contributed by atoms with Gasteiger partial charge in [-0.3, -0.25) is 0 Å². The van der Waals surface area contributed by atoms with E-state index in [2.05, 4.69) is 17.3 Å². The molecule has 1 aromatic heterocycles. The van der Waals surface area contributed by atoms with Crippen molar-refractivity contribution in [3.63, 3.8) is 0 Å². The van der Waals surface area contributed by atoms with Gasteiger partial charge in [0.1, 0.15) is 11.6 Å². The van der Waals surface area contributed by atoms with Crippen molar-refractivity contribution >= 4 is 5.82 Å². The molecule has 3 rings (SSSR count). The van der Waals surface area contributed by atoms with Gasteiger partial charge in [-0.2, -0.15) is 0 Å². The standard InChI is InChI=1S/C13H20N4/c1-2-10-7-12(17-14)16-13(15-10)11-6-8-3-4-9(11)5-8/h7-9,11H,2-6,14H2,1H3,(H,15,16,17). The lowest BCUT2D eigenvalue weighted by Gasteiger charge is -2.21. The summed E-state index contributed by atoms with van der Waals surface area (Å²) in [6.45, 7) is 2.12. The molecule has 92 valence electrons. The van der Waals surface area contributed by atoms with E-state index in [1.54, 1.807) is 0 Å². The highest BCUT2D eigenvalue weighted by molar-refractivity contribution is 5.35. The Balaban J connectivity index is 1.91. The molecular formula is C13H20N4. The third-order valence-electron chi connectivity index (χ3n) is 4.38. The van der Waals surface area contributed by atoms with Gasteiger partial charge in [-0.1, -0.05) is 13.3 Å². The molecule has 2 aliphatic rings. The molecule has 4 heteroatoms. The molecular weight excluding hydrogens is 212 g/mol. The Morgan fingerprint density at radius 3 is 2.82 bits per heavy atom.